The molecule has 0 fully saturated rings. The SMILES string of the molecule is c1ccc(C2Nc3ccccc3NC2n2c3cc4c(cc3c3c5ccccc5ccc32)sc2ccccc24)cc1. The van der Waals surface area contributed by atoms with Crippen molar-refractivity contribution in [2.45, 2.75) is 12.2 Å². The van der Waals surface area contributed by atoms with Gasteiger partial charge in [-0.25, -0.2) is 0 Å². The first-order chi connectivity index (χ1) is 19.8. The van der Waals surface area contributed by atoms with Crippen LogP contribution in [0.4, 0.5) is 11.4 Å². The molecule has 40 heavy (non-hydrogen) atoms. The van der Waals surface area contributed by atoms with E-state index in [1.54, 1.807) is 0 Å². The maximum absolute atomic E-state index is 3.96. The third-order valence-corrected chi connectivity index (χ3v) is 9.62. The smallest absolute Gasteiger partial charge is 0.129 e. The summed E-state index contributed by atoms with van der Waals surface area (Å²) in [5.41, 5.74) is 6.01. The predicted molar refractivity (Wildman–Crippen MR) is 172 cm³/mol. The summed E-state index contributed by atoms with van der Waals surface area (Å²) in [5, 5.41) is 15.7. The Morgan fingerprint density at radius 1 is 0.525 bits per heavy atom. The number of para-hydroxylation sites is 2. The van der Waals surface area contributed by atoms with E-state index in [1.807, 2.05) is 11.3 Å². The standard InChI is InChI=1S/C36H25N3S/c1-2-11-23(12-3-1)35-36(38-29-16-8-7-15-28(29)37-35)39-30-19-18-22-10-4-5-13-24(22)34(30)27-21-33-26(20-31(27)39)25-14-6-9-17-32(25)40-33/h1-21,35-38H. The zero-order chi connectivity index (χ0) is 26.2. The van der Waals surface area contributed by atoms with E-state index in [9.17, 15) is 0 Å². The van der Waals surface area contributed by atoms with Gasteiger partial charge in [0.05, 0.1) is 28.5 Å². The molecule has 0 spiro atoms. The third kappa shape index (κ3) is 3.11. The van der Waals surface area contributed by atoms with Crippen molar-refractivity contribution in [3.63, 3.8) is 0 Å². The van der Waals surface area contributed by atoms with Crippen LogP contribution in [0.5, 0.6) is 0 Å². The maximum Gasteiger partial charge on any atom is 0.129 e. The Labute approximate surface area is 235 Å². The highest BCUT2D eigenvalue weighted by Gasteiger charge is 2.32. The largest absolute Gasteiger partial charge is 0.373 e. The topological polar surface area (TPSA) is 29.0 Å². The summed E-state index contributed by atoms with van der Waals surface area (Å²) in [6.45, 7) is 0. The van der Waals surface area contributed by atoms with Crippen LogP contribution < -0.4 is 10.6 Å². The maximum atomic E-state index is 3.96. The van der Waals surface area contributed by atoms with Crippen LogP contribution in [0.2, 0.25) is 0 Å². The Hall–Kier alpha value is -4.80. The van der Waals surface area contributed by atoms with Gasteiger partial charge in [0.1, 0.15) is 6.17 Å². The van der Waals surface area contributed by atoms with Gasteiger partial charge in [-0.05, 0) is 52.7 Å². The summed E-state index contributed by atoms with van der Waals surface area (Å²) in [7, 11) is 0. The van der Waals surface area contributed by atoms with E-state index < -0.39 is 0 Å². The first kappa shape index (κ1) is 22.1. The molecule has 0 aliphatic carbocycles. The van der Waals surface area contributed by atoms with Crippen LogP contribution >= 0.6 is 11.3 Å². The fourth-order valence-corrected chi connectivity index (χ4v) is 7.82. The molecular formula is C36H25N3S. The lowest BCUT2D eigenvalue weighted by molar-refractivity contribution is 0.506. The molecule has 0 saturated carbocycles. The van der Waals surface area contributed by atoms with Gasteiger partial charge in [0.2, 0.25) is 0 Å². The molecule has 2 aromatic heterocycles. The van der Waals surface area contributed by atoms with Crippen LogP contribution in [0.3, 0.4) is 0 Å². The lowest BCUT2D eigenvalue weighted by Gasteiger charge is -2.38. The quantitative estimate of drug-likeness (QED) is 0.232. The number of nitrogens with one attached hydrogen (secondary N) is 2. The van der Waals surface area contributed by atoms with E-state index >= 15 is 0 Å². The number of anilines is 2. The van der Waals surface area contributed by atoms with E-state index in [4.69, 9.17) is 0 Å². The van der Waals surface area contributed by atoms with Crippen molar-refractivity contribution in [2.24, 2.45) is 0 Å². The van der Waals surface area contributed by atoms with Crippen LogP contribution in [-0.4, -0.2) is 4.57 Å². The average molecular weight is 532 g/mol. The number of nitrogens with zero attached hydrogens (tertiary/aromatic N) is 1. The zero-order valence-electron chi connectivity index (χ0n) is 21.6. The molecule has 4 heteroatoms. The van der Waals surface area contributed by atoms with Crippen molar-refractivity contribution in [3.8, 4) is 0 Å². The summed E-state index contributed by atoms with van der Waals surface area (Å²) < 4.78 is 5.21. The van der Waals surface area contributed by atoms with E-state index in [-0.39, 0.29) is 12.2 Å². The van der Waals surface area contributed by atoms with Gasteiger partial charge < -0.3 is 15.2 Å². The zero-order valence-corrected chi connectivity index (χ0v) is 22.5. The molecule has 3 nitrogen and oxygen atoms in total. The lowest BCUT2D eigenvalue weighted by Crippen LogP contribution is -2.34. The number of hydrogen-bond donors (Lipinski definition) is 2. The van der Waals surface area contributed by atoms with E-state index in [2.05, 4.69) is 143 Å². The molecule has 0 radical (unpaired) electrons. The first-order valence-electron chi connectivity index (χ1n) is 13.8. The van der Waals surface area contributed by atoms with Gasteiger partial charge in [-0.15, -0.1) is 11.3 Å². The average Bonchev–Trinajstić information content (AvgIpc) is 3.54. The number of thiophene rings is 1. The second-order valence-corrected chi connectivity index (χ2v) is 11.8. The fourth-order valence-electron chi connectivity index (χ4n) is 6.70. The molecule has 0 bridgehead atoms. The Bertz CT molecular complexity index is 2240. The molecule has 2 atom stereocenters. The Morgan fingerprint density at radius 2 is 1.25 bits per heavy atom. The van der Waals surface area contributed by atoms with Gasteiger partial charge in [-0.2, -0.15) is 0 Å². The van der Waals surface area contributed by atoms with Crippen molar-refractivity contribution in [2.75, 3.05) is 10.6 Å². The van der Waals surface area contributed by atoms with Gasteiger partial charge in [-0.3, -0.25) is 0 Å². The Balaban J connectivity index is 1.42. The molecule has 2 unspecified atom stereocenters. The third-order valence-electron chi connectivity index (χ3n) is 8.48. The summed E-state index contributed by atoms with van der Waals surface area (Å²) in [4.78, 5) is 0. The molecule has 6 aromatic carbocycles. The fraction of sp³-hybridized carbons (Fsp3) is 0.0556. The minimum atomic E-state index is -0.0409. The van der Waals surface area contributed by atoms with Crippen molar-refractivity contribution in [3.05, 3.63) is 133 Å². The number of rotatable bonds is 2. The number of fused-ring (bicyclic) bond motifs is 9. The highest BCUT2D eigenvalue weighted by atomic mass is 32.1. The van der Waals surface area contributed by atoms with E-state index in [0.29, 0.717) is 0 Å². The van der Waals surface area contributed by atoms with Crippen LogP contribution in [0.1, 0.15) is 17.8 Å². The highest BCUT2D eigenvalue weighted by molar-refractivity contribution is 7.25. The van der Waals surface area contributed by atoms with Gasteiger partial charge in [0.15, 0.2) is 0 Å². The van der Waals surface area contributed by atoms with Gasteiger partial charge in [0, 0.05) is 30.9 Å². The van der Waals surface area contributed by atoms with Crippen molar-refractivity contribution in [1.82, 2.24) is 4.57 Å². The van der Waals surface area contributed by atoms with Gasteiger partial charge in [0.25, 0.3) is 0 Å². The van der Waals surface area contributed by atoms with Crippen LogP contribution in [0.25, 0.3) is 52.8 Å². The molecule has 9 rings (SSSR count). The minimum absolute atomic E-state index is 0.0382. The predicted octanol–water partition coefficient (Wildman–Crippen LogP) is 10.1. The molecular weight excluding hydrogens is 506 g/mol. The highest BCUT2D eigenvalue weighted by Crippen LogP contribution is 2.46. The van der Waals surface area contributed by atoms with Gasteiger partial charge >= 0.3 is 0 Å². The summed E-state index contributed by atoms with van der Waals surface area (Å²) in [6.07, 6.45) is -0.0409. The van der Waals surface area contributed by atoms with E-state index in [1.165, 1.54) is 58.3 Å². The van der Waals surface area contributed by atoms with Crippen LogP contribution in [0, 0.1) is 0 Å². The molecule has 8 aromatic rings. The van der Waals surface area contributed by atoms with Crippen LogP contribution in [-0.2, 0) is 0 Å². The van der Waals surface area contributed by atoms with Crippen molar-refractivity contribution in [1.29, 1.82) is 0 Å². The minimum Gasteiger partial charge on any atom is -0.373 e. The van der Waals surface area contributed by atoms with Crippen molar-refractivity contribution < 1.29 is 0 Å². The second-order valence-electron chi connectivity index (χ2n) is 10.7. The summed E-state index contributed by atoms with van der Waals surface area (Å²) >= 11 is 1.89. The number of benzene rings is 6. The number of aromatic nitrogens is 1. The molecule has 3 heterocycles. The lowest BCUT2D eigenvalue weighted by atomic mass is 10.00. The molecule has 0 amide bonds. The molecule has 1 aliphatic heterocycles. The molecule has 1 aliphatic rings. The van der Waals surface area contributed by atoms with E-state index in [0.717, 1.165) is 11.4 Å². The first-order valence-corrected chi connectivity index (χ1v) is 14.6. The number of hydrogen-bond acceptors (Lipinski definition) is 3. The van der Waals surface area contributed by atoms with Gasteiger partial charge in [-0.1, -0.05) is 91.0 Å². The Morgan fingerprint density at radius 3 is 2.12 bits per heavy atom. The summed E-state index contributed by atoms with van der Waals surface area (Å²) in [5.74, 6) is 0. The molecule has 0 saturated heterocycles. The Kier molecular flexibility index (Phi) is 4.60. The normalized spacial score (nSPS) is 16.9. The monoisotopic (exact) mass is 531 g/mol. The summed E-state index contributed by atoms with van der Waals surface area (Å²) in [6, 6.07) is 46.4. The second kappa shape index (κ2) is 8.35. The molecule has 2 N–H and O–H groups in total. The molecule has 190 valence electrons. The van der Waals surface area contributed by atoms with Crippen molar-refractivity contribution >= 4 is 75.5 Å². The van der Waals surface area contributed by atoms with Crippen LogP contribution in [0.15, 0.2) is 127 Å².